The van der Waals surface area contributed by atoms with E-state index in [1.807, 2.05) is 13.8 Å². The first-order valence-electron chi connectivity index (χ1n) is 6.72. The second-order valence-corrected chi connectivity index (χ2v) is 6.75. The number of sulfonamides is 1. The van der Waals surface area contributed by atoms with Crippen molar-refractivity contribution in [2.24, 2.45) is 0 Å². The van der Waals surface area contributed by atoms with E-state index in [9.17, 15) is 18.5 Å². The van der Waals surface area contributed by atoms with Crippen LogP contribution in [0, 0.1) is 17.0 Å². The Balaban J connectivity index is 2.75. The van der Waals surface area contributed by atoms with Gasteiger partial charge in [0.25, 0.3) is 5.69 Å². The first-order valence-corrected chi connectivity index (χ1v) is 8.21. The molecule has 0 aliphatic heterocycles. The van der Waals surface area contributed by atoms with Gasteiger partial charge in [-0.15, -0.1) is 0 Å². The fraction of sp³-hybridized carbons (Fsp3) is 0.538. The topological polar surface area (TPSA) is 101 Å². The monoisotopic (exact) mass is 315 g/mol. The minimum atomic E-state index is -3.73. The number of nitrogens with one attached hydrogen (secondary N) is 2. The van der Waals surface area contributed by atoms with E-state index in [0.29, 0.717) is 19.0 Å². The van der Waals surface area contributed by atoms with Crippen LogP contribution in [0.3, 0.4) is 0 Å². The molecule has 0 amide bonds. The maximum absolute atomic E-state index is 12.2. The zero-order valence-electron chi connectivity index (χ0n) is 12.4. The van der Waals surface area contributed by atoms with Crippen LogP contribution in [-0.4, -0.2) is 32.5 Å². The minimum Gasteiger partial charge on any atom is -0.314 e. The third-order valence-corrected chi connectivity index (χ3v) is 4.55. The Bertz CT molecular complexity index is 599. The molecule has 21 heavy (non-hydrogen) atoms. The number of hydrogen-bond donors (Lipinski definition) is 2. The molecule has 1 rings (SSSR count). The van der Waals surface area contributed by atoms with Crippen molar-refractivity contribution >= 4 is 15.7 Å². The Labute approximate surface area is 124 Å². The normalized spacial score (nSPS) is 11.8. The zero-order chi connectivity index (χ0) is 16.0. The molecule has 0 atom stereocenters. The average molecular weight is 315 g/mol. The van der Waals surface area contributed by atoms with E-state index in [2.05, 4.69) is 10.0 Å². The van der Waals surface area contributed by atoms with Gasteiger partial charge in [-0.2, -0.15) is 0 Å². The predicted octanol–water partition coefficient (Wildman–Crippen LogP) is 1.57. The van der Waals surface area contributed by atoms with Crippen molar-refractivity contribution < 1.29 is 13.3 Å². The Morgan fingerprint density at radius 1 is 1.29 bits per heavy atom. The lowest BCUT2D eigenvalue weighted by atomic mass is 10.2. The summed E-state index contributed by atoms with van der Waals surface area (Å²) in [6.45, 7) is 6.44. The van der Waals surface area contributed by atoms with Crippen LogP contribution in [0.2, 0.25) is 0 Å². The lowest BCUT2D eigenvalue weighted by molar-refractivity contribution is -0.385. The average Bonchev–Trinajstić information content (AvgIpc) is 2.37. The van der Waals surface area contributed by atoms with Gasteiger partial charge in [-0.05, 0) is 26.0 Å². The molecule has 118 valence electrons. The first-order chi connectivity index (χ1) is 9.75. The molecule has 0 aliphatic rings. The summed E-state index contributed by atoms with van der Waals surface area (Å²) in [5.74, 6) is 0. The molecule has 0 unspecified atom stereocenters. The van der Waals surface area contributed by atoms with Crippen LogP contribution in [0.1, 0.15) is 25.8 Å². The van der Waals surface area contributed by atoms with Crippen molar-refractivity contribution in [1.29, 1.82) is 0 Å². The van der Waals surface area contributed by atoms with Crippen molar-refractivity contribution in [3.63, 3.8) is 0 Å². The van der Waals surface area contributed by atoms with Gasteiger partial charge in [0.05, 0.1) is 9.82 Å². The standard InChI is InChI=1S/C13H21N3O4S/c1-10(2)14-8-5-9-15-21(19,20)13-7-4-6-12(11(13)3)16(17)18/h4,6-7,10,14-15H,5,8-9H2,1-3H3. The van der Waals surface area contributed by atoms with Crippen molar-refractivity contribution in [3.05, 3.63) is 33.9 Å². The summed E-state index contributed by atoms with van der Waals surface area (Å²) >= 11 is 0. The summed E-state index contributed by atoms with van der Waals surface area (Å²) in [6.07, 6.45) is 0.644. The number of nitro groups is 1. The van der Waals surface area contributed by atoms with Crippen molar-refractivity contribution in [2.75, 3.05) is 13.1 Å². The van der Waals surface area contributed by atoms with Gasteiger partial charge < -0.3 is 5.32 Å². The van der Waals surface area contributed by atoms with Crippen LogP contribution in [0.4, 0.5) is 5.69 Å². The zero-order valence-corrected chi connectivity index (χ0v) is 13.2. The summed E-state index contributed by atoms with van der Waals surface area (Å²) in [5.41, 5.74) is -0.0466. The molecule has 8 heteroatoms. The molecule has 2 N–H and O–H groups in total. The fourth-order valence-corrected chi connectivity index (χ4v) is 3.19. The van der Waals surface area contributed by atoms with E-state index in [0.717, 1.165) is 0 Å². The molecule has 0 saturated carbocycles. The van der Waals surface area contributed by atoms with Crippen LogP contribution in [-0.2, 0) is 10.0 Å². The van der Waals surface area contributed by atoms with E-state index >= 15 is 0 Å². The Hall–Kier alpha value is -1.51. The number of benzene rings is 1. The van der Waals surface area contributed by atoms with Crippen LogP contribution < -0.4 is 10.0 Å². The molecule has 1 aromatic rings. The van der Waals surface area contributed by atoms with Gasteiger partial charge in [-0.25, -0.2) is 13.1 Å². The molecule has 0 heterocycles. The van der Waals surface area contributed by atoms with Crippen LogP contribution in [0.5, 0.6) is 0 Å². The summed E-state index contributed by atoms with van der Waals surface area (Å²) in [7, 11) is -3.73. The second-order valence-electron chi connectivity index (χ2n) is 5.02. The van der Waals surface area contributed by atoms with E-state index in [4.69, 9.17) is 0 Å². The van der Waals surface area contributed by atoms with Gasteiger partial charge in [0.15, 0.2) is 0 Å². The second kappa shape index (κ2) is 7.48. The smallest absolute Gasteiger partial charge is 0.273 e. The molecular formula is C13H21N3O4S. The molecule has 0 aromatic heterocycles. The minimum absolute atomic E-state index is 0.0477. The van der Waals surface area contributed by atoms with E-state index in [1.165, 1.54) is 25.1 Å². The Morgan fingerprint density at radius 3 is 2.52 bits per heavy atom. The van der Waals surface area contributed by atoms with Crippen LogP contribution in [0.15, 0.2) is 23.1 Å². The number of nitro benzene ring substituents is 1. The van der Waals surface area contributed by atoms with E-state index in [-0.39, 0.29) is 22.7 Å². The Kier molecular flexibility index (Phi) is 6.25. The molecule has 0 aliphatic carbocycles. The third kappa shape index (κ3) is 5.07. The van der Waals surface area contributed by atoms with Crippen molar-refractivity contribution in [1.82, 2.24) is 10.0 Å². The van der Waals surface area contributed by atoms with Crippen LogP contribution in [0.25, 0.3) is 0 Å². The van der Waals surface area contributed by atoms with Gasteiger partial charge in [-0.1, -0.05) is 19.9 Å². The predicted molar refractivity (Wildman–Crippen MR) is 80.8 cm³/mol. The summed E-state index contributed by atoms with van der Waals surface area (Å²) in [5, 5.41) is 14.0. The number of nitrogens with zero attached hydrogens (tertiary/aromatic N) is 1. The highest BCUT2D eigenvalue weighted by Crippen LogP contribution is 2.24. The molecule has 0 bridgehead atoms. The first kappa shape index (κ1) is 17.5. The van der Waals surface area contributed by atoms with Gasteiger partial charge in [-0.3, -0.25) is 10.1 Å². The number of rotatable bonds is 8. The molecular weight excluding hydrogens is 294 g/mol. The lowest BCUT2D eigenvalue weighted by Crippen LogP contribution is -2.30. The molecule has 7 nitrogen and oxygen atoms in total. The molecule has 1 aromatic carbocycles. The van der Waals surface area contributed by atoms with Crippen LogP contribution >= 0.6 is 0 Å². The Morgan fingerprint density at radius 2 is 1.95 bits per heavy atom. The maximum Gasteiger partial charge on any atom is 0.273 e. The van der Waals surface area contributed by atoms with Crippen molar-refractivity contribution in [3.8, 4) is 0 Å². The van der Waals surface area contributed by atoms with Gasteiger partial charge in [0, 0.05) is 24.2 Å². The van der Waals surface area contributed by atoms with E-state index in [1.54, 1.807) is 0 Å². The molecule has 0 spiro atoms. The molecule has 0 radical (unpaired) electrons. The highest BCUT2D eigenvalue weighted by atomic mass is 32.2. The fourth-order valence-electron chi connectivity index (χ4n) is 1.86. The molecule has 0 saturated heterocycles. The van der Waals surface area contributed by atoms with Gasteiger partial charge in [0.2, 0.25) is 10.0 Å². The quantitative estimate of drug-likeness (QED) is 0.431. The SMILES string of the molecule is Cc1c([N+](=O)[O-])cccc1S(=O)(=O)NCCCNC(C)C. The maximum atomic E-state index is 12.2. The van der Waals surface area contributed by atoms with Crippen molar-refractivity contribution in [2.45, 2.75) is 38.1 Å². The highest BCUT2D eigenvalue weighted by Gasteiger charge is 2.22. The molecule has 0 fully saturated rings. The summed E-state index contributed by atoms with van der Waals surface area (Å²) < 4.78 is 26.8. The number of hydrogen-bond acceptors (Lipinski definition) is 5. The summed E-state index contributed by atoms with van der Waals surface area (Å²) in [4.78, 5) is 10.2. The van der Waals surface area contributed by atoms with Gasteiger partial charge >= 0.3 is 0 Å². The third-order valence-electron chi connectivity index (χ3n) is 2.94. The highest BCUT2D eigenvalue weighted by molar-refractivity contribution is 7.89. The summed E-state index contributed by atoms with van der Waals surface area (Å²) in [6, 6.07) is 4.39. The van der Waals surface area contributed by atoms with E-state index < -0.39 is 14.9 Å². The van der Waals surface area contributed by atoms with Gasteiger partial charge in [0.1, 0.15) is 0 Å². The largest absolute Gasteiger partial charge is 0.314 e. The lowest BCUT2D eigenvalue weighted by Gasteiger charge is -2.10.